The van der Waals surface area contributed by atoms with Crippen LogP contribution in [0, 0.1) is 11.8 Å². The molecule has 0 unspecified atom stereocenters. The number of nitrogens with zero attached hydrogens (tertiary/aromatic N) is 3. The molecule has 0 N–H and O–H groups in total. The van der Waals surface area contributed by atoms with Gasteiger partial charge >= 0.3 is 0 Å². The van der Waals surface area contributed by atoms with Crippen molar-refractivity contribution in [2.75, 3.05) is 13.1 Å². The van der Waals surface area contributed by atoms with Gasteiger partial charge in [0.25, 0.3) is 0 Å². The van der Waals surface area contributed by atoms with E-state index in [1.807, 2.05) is 0 Å². The number of rotatable bonds is 3. The number of aromatic nitrogens is 2. The van der Waals surface area contributed by atoms with Crippen molar-refractivity contribution < 1.29 is 9.32 Å². The minimum Gasteiger partial charge on any atom is -0.341 e. The Morgan fingerprint density at radius 1 is 1.38 bits per heavy atom. The number of amides is 1. The van der Waals surface area contributed by atoms with Crippen LogP contribution in [0.5, 0.6) is 0 Å². The van der Waals surface area contributed by atoms with E-state index in [4.69, 9.17) is 4.52 Å². The Labute approximate surface area is 125 Å². The van der Waals surface area contributed by atoms with Crippen LogP contribution in [-0.2, 0) is 10.2 Å². The van der Waals surface area contributed by atoms with Crippen LogP contribution in [0.4, 0.5) is 0 Å². The molecule has 3 aliphatic rings. The highest BCUT2D eigenvalue weighted by atomic mass is 16.5. The molecule has 1 saturated heterocycles. The first-order valence-electron chi connectivity index (χ1n) is 8.23. The van der Waals surface area contributed by atoms with Crippen LogP contribution in [0.15, 0.2) is 4.52 Å². The lowest BCUT2D eigenvalue weighted by atomic mass is 9.80. The van der Waals surface area contributed by atoms with Gasteiger partial charge in [0.1, 0.15) is 0 Å². The molecule has 2 saturated carbocycles. The van der Waals surface area contributed by atoms with E-state index in [0.717, 1.165) is 44.1 Å². The number of hydrogen-bond donors (Lipinski definition) is 0. The average molecular weight is 289 g/mol. The van der Waals surface area contributed by atoms with Gasteiger partial charge in [-0.2, -0.15) is 4.98 Å². The topological polar surface area (TPSA) is 59.2 Å². The third-order valence-electron chi connectivity index (χ3n) is 5.49. The van der Waals surface area contributed by atoms with Gasteiger partial charge in [-0.25, -0.2) is 0 Å². The van der Waals surface area contributed by atoms with Crippen molar-refractivity contribution in [2.45, 2.75) is 57.3 Å². The van der Waals surface area contributed by atoms with Gasteiger partial charge in [0.15, 0.2) is 5.82 Å². The van der Waals surface area contributed by atoms with Crippen LogP contribution < -0.4 is 0 Å². The molecule has 0 aromatic carbocycles. The molecule has 2 atom stereocenters. The molecule has 1 aromatic rings. The second kappa shape index (κ2) is 4.55. The summed E-state index contributed by atoms with van der Waals surface area (Å²) in [6.07, 6.45) is 5.63. The Morgan fingerprint density at radius 3 is 2.86 bits per heavy atom. The van der Waals surface area contributed by atoms with Gasteiger partial charge < -0.3 is 9.42 Å². The molecular weight excluding hydrogens is 266 g/mol. The Balaban J connectivity index is 1.62. The standard InChI is InChI=1S/C16H23N3O2/c1-10(2)13-17-15(18-21-13)16-7-3-4-12(16)8-19(9-16)14(20)11-5-6-11/h10-12H,3-9H2,1-2H3/t12-,16-/m1/s1. The summed E-state index contributed by atoms with van der Waals surface area (Å²) in [5, 5.41) is 4.28. The second-order valence-electron chi connectivity index (χ2n) is 7.35. The van der Waals surface area contributed by atoms with Crippen LogP contribution in [0.25, 0.3) is 0 Å². The molecule has 0 bridgehead atoms. The predicted molar refractivity (Wildman–Crippen MR) is 76.7 cm³/mol. The minimum absolute atomic E-state index is 0.0405. The quantitative estimate of drug-likeness (QED) is 0.857. The molecule has 4 rings (SSSR count). The summed E-state index contributed by atoms with van der Waals surface area (Å²) in [6.45, 7) is 5.82. The summed E-state index contributed by atoms with van der Waals surface area (Å²) >= 11 is 0. The summed E-state index contributed by atoms with van der Waals surface area (Å²) < 4.78 is 5.43. The molecule has 21 heavy (non-hydrogen) atoms. The van der Waals surface area contributed by atoms with Crippen molar-refractivity contribution in [1.82, 2.24) is 15.0 Å². The van der Waals surface area contributed by atoms with Gasteiger partial charge in [-0.15, -0.1) is 0 Å². The molecular formula is C16H23N3O2. The highest BCUT2D eigenvalue weighted by molar-refractivity contribution is 5.81. The van der Waals surface area contributed by atoms with E-state index in [-0.39, 0.29) is 11.3 Å². The first-order chi connectivity index (χ1) is 10.1. The molecule has 1 aromatic heterocycles. The second-order valence-corrected chi connectivity index (χ2v) is 7.35. The van der Waals surface area contributed by atoms with Crippen LogP contribution in [0.3, 0.4) is 0 Å². The Bertz CT molecular complexity index is 564. The van der Waals surface area contributed by atoms with Crippen LogP contribution in [0.1, 0.15) is 63.6 Å². The maximum absolute atomic E-state index is 12.4. The summed E-state index contributed by atoms with van der Waals surface area (Å²) in [7, 11) is 0. The zero-order valence-electron chi connectivity index (χ0n) is 12.8. The van der Waals surface area contributed by atoms with Crippen molar-refractivity contribution in [3.05, 3.63) is 11.7 Å². The minimum atomic E-state index is -0.0405. The van der Waals surface area contributed by atoms with Crippen molar-refractivity contribution in [3.8, 4) is 0 Å². The van der Waals surface area contributed by atoms with Gasteiger partial charge in [0.05, 0.1) is 5.41 Å². The van der Waals surface area contributed by atoms with Crippen molar-refractivity contribution in [1.29, 1.82) is 0 Å². The fourth-order valence-electron chi connectivity index (χ4n) is 4.08. The SMILES string of the molecule is CC(C)c1nc([C@@]23CCC[C@@H]2CN(C(=O)C2CC2)C3)no1. The van der Waals surface area contributed by atoms with E-state index in [2.05, 4.69) is 28.9 Å². The zero-order chi connectivity index (χ0) is 14.6. The van der Waals surface area contributed by atoms with Gasteiger partial charge in [-0.1, -0.05) is 25.4 Å². The van der Waals surface area contributed by atoms with Gasteiger partial charge in [0, 0.05) is 24.9 Å². The van der Waals surface area contributed by atoms with Crippen molar-refractivity contribution in [3.63, 3.8) is 0 Å². The molecule has 5 nitrogen and oxygen atoms in total. The zero-order valence-corrected chi connectivity index (χ0v) is 12.8. The number of fused-ring (bicyclic) bond motifs is 1. The van der Waals surface area contributed by atoms with E-state index >= 15 is 0 Å². The molecule has 3 fully saturated rings. The van der Waals surface area contributed by atoms with Crippen LogP contribution >= 0.6 is 0 Å². The van der Waals surface area contributed by atoms with E-state index in [1.54, 1.807) is 0 Å². The maximum atomic E-state index is 12.4. The average Bonchev–Trinajstić information content (AvgIpc) is 2.87. The van der Waals surface area contributed by atoms with Crippen LogP contribution in [-0.4, -0.2) is 34.0 Å². The lowest BCUT2D eigenvalue weighted by Crippen LogP contribution is -2.36. The summed E-state index contributed by atoms with van der Waals surface area (Å²) in [5.74, 6) is 3.00. The van der Waals surface area contributed by atoms with E-state index in [0.29, 0.717) is 17.7 Å². The molecule has 2 heterocycles. The lowest BCUT2D eigenvalue weighted by Gasteiger charge is -2.24. The molecule has 2 aliphatic carbocycles. The predicted octanol–water partition coefficient (Wildman–Crippen LogP) is 2.48. The Morgan fingerprint density at radius 2 is 2.19 bits per heavy atom. The molecule has 1 aliphatic heterocycles. The van der Waals surface area contributed by atoms with E-state index < -0.39 is 0 Å². The first-order valence-corrected chi connectivity index (χ1v) is 8.23. The van der Waals surface area contributed by atoms with Crippen molar-refractivity contribution in [2.24, 2.45) is 11.8 Å². The molecule has 5 heteroatoms. The monoisotopic (exact) mass is 289 g/mol. The largest absolute Gasteiger partial charge is 0.341 e. The van der Waals surface area contributed by atoms with Crippen molar-refractivity contribution >= 4 is 5.91 Å². The first kappa shape index (κ1) is 13.3. The molecule has 1 amide bonds. The Kier molecular flexibility index (Phi) is 2.88. The maximum Gasteiger partial charge on any atom is 0.229 e. The third kappa shape index (κ3) is 2.00. The molecule has 0 spiro atoms. The fraction of sp³-hybridized carbons (Fsp3) is 0.812. The number of hydrogen-bond acceptors (Lipinski definition) is 4. The third-order valence-corrected chi connectivity index (χ3v) is 5.49. The van der Waals surface area contributed by atoms with Gasteiger partial charge in [-0.3, -0.25) is 4.79 Å². The molecule has 114 valence electrons. The summed E-state index contributed by atoms with van der Waals surface area (Å²) in [6, 6.07) is 0. The van der Waals surface area contributed by atoms with E-state index in [9.17, 15) is 4.79 Å². The van der Waals surface area contributed by atoms with Gasteiger partial charge in [-0.05, 0) is 31.6 Å². The number of likely N-dealkylation sites (tertiary alicyclic amines) is 1. The normalized spacial score (nSPS) is 32.0. The Hall–Kier alpha value is -1.39. The fourth-order valence-corrected chi connectivity index (χ4v) is 4.08. The highest BCUT2D eigenvalue weighted by Gasteiger charge is 2.55. The molecule has 0 radical (unpaired) electrons. The lowest BCUT2D eigenvalue weighted by molar-refractivity contribution is -0.131. The highest BCUT2D eigenvalue weighted by Crippen LogP contribution is 2.50. The van der Waals surface area contributed by atoms with Crippen LogP contribution in [0.2, 0.25) is 0 Å². The summed E-state index contributed by atoms with van der Waals surface area (Å²) in [5.41, 5.74) is -0.0405. The van der Waals surface area contributed by atoms with E-state index in [1.165, 1.54) is 12.8 Å². The van der Waals surface area contributed by atoms with Gasteiger partial charge in [0.2, 0.25) is 11.8 Å². The number of carbonyl (C=O) groups is 1. The summed E-state index contributed by atoms with van der Waals surface area (Å²) in [4.78, 5) is 19.1. The smallest absolute Gasteiger partial charge is 0.229 e. The number of carbonyl (C=O) groups excluding carboxylic acids is 1.